The smallest absolute Gasteiger partial charge is 0.252 e. The zero-order valence-corrected chi connectivity index (χ0v) is 15.9. The number of aryl methyl sites for hydroxylation is 1. The topological polar surface area (TPSA) is 47.6 Å². The Morgan fingerprint density at radius 3 is 2.71 bits per heavy atom. The molecule has 0 aromatic heterocycles. The SMILES string of the molecule is CCC(NC(=O)c1cccc(C)c1I)c1ccc2c(c1)OCCO2. The summed E-state index contributed by atoms with van der Waals surface area (Å²) in [5.74, 6) is 1.46. The van der Waals surface area contributed by atoms with Crippen molar-refractivity contribution >= 4 is 28.5 Å². The maximum Gasteiger partial charge on any atom is 0.252 e. The molecule has 0 aliphatic carbocycles. The number of fused-ring (bicyclic) bond motifs is 1. The molecule has 1 atom stereocenters. The molecule has 0 fully saturated rings. The van der Waals surface area contributed by atoms with E-state index in [1.165, 1.54) is 0 Å². The second-order valence-electron chi connectivity index (χ2n) is 5.77. The van der Waals surface area contributed by atoms with E-state index in [4.69, 9.17) is 9.47 Å². The second kappa shape index (κ2) is 7.42. The van der Waals surface area contributed by atoms with E-state index in [1.54, 1.807) is 0 Å². The molecule has 1 aliphatic rings. The highest BCUT2D eigenvalue weighted by molar-refractivity contribution is 14.1. The molecule has 0 spiro atoms. The molecular formula is C19H20INO3. The second-order valence-corrected chi connectivity index (χ2v) is 6.85. The Balaban J connectivity index is 1.82. The summed E-state index contributed by atoms with van der Waals surface area (Å²) >= 11 is 2.22. The summed E-state index contributed by atoms with van der Waals surface area (Å²) < 4.78 is 12.2. The highest BCUT2D eigenvalue weighted by atomic mass is 127. The van der Waals surface area contributed by atoms with Gasteiger partial charge in [-0.1, -0.05) is 25.1 Å². The fourth-order valence-electron chi connectivity index (χ4n) is 2.76. The maximum atomic E-state index is 12.7. The van der Waals surface area contributed by atoms with Gasteiger partial charge < -0.3 is 14.8 Å². The molecule has 4 nitrogen and oxygen atoms in total. The Morgan fingerprint density at radius 1 is 1.21 bits per heavy atom. The van der Waals surface area contributed by atoms with Crippen molar-refractivity contribution in [2.24, 2.45) is 0 Å². The molecule has 1 amide bonds. The molecule has 3 rings (SSSR count). The first-order valence-corrected chi connectivity index (χ1v) is 9.13. The van der Waals surface area contributed by atoms with Crippen molar-refractivity contribution in [3.63, 3.8) is 0 Å². The van der Waals surface area contributed by atoms with Gasteiger partial charge in [-0.3, -0.25) is 4.79 Å². The van der Waals surface area contributed by atoms with Crippen LogP contribution in [0.3, 0.4) is 0 Å². The fraction of sp³-hybridized carbons (Fsp3) is 0.316. The van der Waals surface area contributed by atoms with E-state index in [0.717, 1.165) is 32.6 Å². The van der Waals surface area contributed by atoms with Crippen molar-refractivity contribution in [3.05, 3.63) is 56.7 Å². The quantitative estimate of drug-likeness (QED) is 0.728. The molecule has 24 heavy (non-hydrogen) atoms. The van der Waals surface area contributed by atoms with Gasteiger partial charge in [-0.05, 0) is 65.3 Å². The Morgan fingerprint density at radius 2 is 1.96 bits per heavy atom. The van der Waals surface area contributed by atoms with E-state index in [-0.39, 0.29) is 11.9 Å². The van der Waals surface area contributed by atoms with Crippen molar-refractivity contribution in [3.8, 4) is 11.5 Å². The Kier molecular flexibility index (Phi) is 5.28. The van der Waals surface area contributed by atoms with E-state index >= 15 is 0 Å². The van der Waals surface area contributed by atoms with Crippen LogP contribution in [0.15, 0.2) is 36.4 Å². The number of ether oxygens (including phenoxy) is 2. The number of nitrogens with one attached hydrogen (secondary N) is 1. The van der Waals surface area contributed by atoms with Gasteiger partial charge in [-0.25, -0.2) is 0 Å². The van der Waals surface area contributed by atoms with Crippen LogP contribution in [0.2, 0.25) is 0 Å². The van der Waals surface area contributed by atoms with E-state index in [9.17, 15) is 4.79 Å². The molecule has 5 heteroatoms. The minimum Gasteiger partial charge on any atom is -0.486 e. The molecule has 1 aliphatic heterocycles. The first kappa shape index (κ1) is 17.1. The van der Waals surface area contributed by atoms with Crippen molar-refractivity contribution in [1.29, 1.82) is 0 Å². The van der Waals surface area contributed by atoms with Crippen LogP contribution in [0.5, 0.6) is 11.5 Å². The van der Waals surface area contributed by atoms with Crippen LogP contribution in [-0.2, 0) is 0 Å². The number of hydrogen-bond acceptors (Lipinski definition) is 3. The lowest BCUT2D eigenvalue weighted by Crippen LogP contribution is -2.29. The lowest BCUT2D eigenvalue weighted by Gasteiger charge is -2.22. The van der Waals surface area contributed by atoms with Crippen LogP contribution >= 0.6 is 22.6 Å². The van der Waals surface area contributed by atoms with Gasteiger partial charge in [0.1, 0.15) is 13.2 Å². The van der Waals surface area contributed by atoms with Gasteiger partial charge in [0.2, 0.25) is 0 Å². The average Bonchev–Trinajstić information content (AvgIpc) is 2.61. The molecule has 0 saturated heterocycles. The highest BCUT2D eigenvalue weighted by Crippen LogP contribution is 2.33. The summed E-state index contributed by atoms with van der Waals surface area (Å²) in [6, 6.07) is 11.6. The van der Waals surface area contributed by atoms with Gasteiger partial charge in [0.15, 0.2) is 11.5 Å². The minimum atomic E-state index is -0.0651. The van der Waals surface area contributed by atoms with Crippen LogP contribution in [0, 0.1) is 10.5 Å². The number of amides is 1. The summed E-state index contributed by atoms with van der Waals surface area (Å²) in [7, 11) is 0. The molecule has 2 aromatic carbocycles. The molecule has 2 aromatic rings. The van der Waals surface area contributed by atoms with Crippen LogP contribution in [0.1, 0.15) is 40.9 Å². The first-order valence-electron chi connectivity index (χ1n) is 8.05. The zero-order chi connectivity index (χ0) is 17.1. The van der Waals surface area contributed by atoms with Crippen LogP contribution in [0.25, 0.3) is 0 Å². The van der Waals surface area contributed by atoms with E-state index in [2.05, 4.69) is 34.8 Å². The van der Waals surface area contributed by atoms with E-state index in [1.807, 2.05) is 43.3 Å². The van der Waals surface area contributed by atoms with Crippen molar-refractivity contribution in [2.45, 2.75) is 26.3 Å². The van der Waals surface area contributed by atoms with E-state index < -0.39 is 0 Å². The Bertz CT molecular complexity index is 760. The number of rotatable bonds is 4. The van der Waals surface area contributed by atoms with Gasteiger partial charge in [0, 0.05) is 3.57 Å². The molecule has 0 radical (unpaired) electrons. The van der Waals surface area contributed by atoms with Gasteiger partial charge in [-0.15, -0.1) is 0 Å². The molecule has 1 heterocycles. The molecule has 0 saturated carbocycles. The summed E-state index contributed by atoms with van der Waals surface area (Å²) in [5, 5.41) is 3.13. The molecular weight excluding hydrogens is 417 g/mol. The number of benzene rings is 2. The maximum absolute atomic E-state index is 12.7. The average molecular weight is 437 g/mol. The standard InChI is InChI=1S/C19H20INO3/c1-3-15(13-7-8-16-17(11-13)24-10-9-23-16)21-19(22)14-6-4-5-12(2)18(14)20/h4-8,11,15H,3,9-10H2,1-2H3,(H,21,22). The zero-order valence-electron chi connectivity index (χ0n) is 13.8. The number of hydrogen-bond donors (Lipinski definition) is 1. The predicted molar refractivity (Wildman–Crippen MR) is 102 cm³/mol. The van der Waals surface area contributed by atoms with Crippen LogP contribution < -0.4 is 14.8 Å². The summed E-state index contributed by atoms with van der Waals surface area (Å²) in [6.07, 6.45) is 0.799. The largest absolute Gasteiger partial charge is 0.486 e. The summed E-state index contributed by atoms with van der Waals surface area (Å²) in [5.41, 5.74) is 2.85. The summed E-state index contributed by atoms with van der Waals surface area (Å²) in [4.78, 5) is 12.7. The minimum absolute atomic E-state index is 0.0511. The lowest BCUT2D eigenvalue weighted by atomic mass is 10.0. The van der Waals surface area contributed by atoms with Crippen LogP contribution in [0.4, 0.5) is 0 Å². The monoisotopic (exact) mass is 437 g/mol. The molecule has 126 valence electrons. The highest BCUT2D eigenvalue weighted by Gasteiger charge is 2.19. The van der Waals surface area contributed by atoms with Crippen molar-refractivity contribution in [2.75, 3.05) is 13.2 Å². The third-order valence-electron chi connectivity index (χ3n) is 4.12. The molecule has 1 N–H and O–H groups in total. The Labute approximate surface area is 155 Å². The van der Waals surface area contributed by atoms with Gasteiger partial charge in [0.05, 0.1) is 11.6 Å². The van der Waals surface area contributed by atoms with Crippen LogP contribution in [-0.4, -0.2) is 19.1 Å². The third kappa shape index (κ3) is 3.50. The number of halogens is 1. The lowest BCUT2D eigenvalue weighted by molar-refractivity contribution is 0.0934. The number of carbonyl (C=O) groups excluding carboxylic acids is 1. The molecule has 0 bridgehead atoms. The summed E-state index contributed by atoms with van der Waals surface area (Å²) in [6.45, 7) is 5.20. The van der Waals surface area contributed by atoms with E-state index in [0.29, 0.717) is 18.8 Å². The number of carbonyl (C=O) groups is 1. The van der Waals surface area contributed by atoms with Gasteiger partial charge in [0.25, 0.3) is 5.91 Å². The van der Waals surface area contributed by atoms with Gasteiger partial charge in [-0.2, -0.15) is 0 Å². The van der Waals surface area contributed by atoms with Gasteiger partial charge >= 0.3 is 0 Å². The predicted octanol–water partition coefficient (Wildman–Crippen LogP) is 4.25. The molecule has 1 unspecified atom stereocenters. The normalized spacial score (nSPS) is 14.1. The fourth-order valence-corrected chi connectivity index (χ4v) is 3.36. The Hall–Kier alpha value is -1.76. The first-order chi connectivity index (χ1) is 11.6. The van der Waals surface area contributed by atoms with Crippen molar-refractivity contribution in [1.82, 2.24) is 5.32 Å². The third-order valence-corrected chi connectivity index (χ3v) is 5.55. The van der Waals surface area contributed by atoms with Crippen molar-refractivity contribution < 1.29 is 14.3 Å².